The number of fused-ring (bicyclic) bond motifs is 3. The molecule has 3 N–H and O–H groups in total. The first kappa shape index (κ1) is 30.4. The Balaban J connectivity index is 1.49. The van der Waals surface area contributed by atoms with E-state index in [2.05, 4.69) is 13.5 Å². The van der Waals surface area contributed by atoms with Gasteiger partial charge in [0.1, 0.15) is 30.0 Å². The Morgan fingerprint density at radius 2 is 1.74 bits per heavy atom. The number of Topliss-reactive ketones (excluding diaryl/α,β-unsaturated/α-hetero) is 1. The van der Waals surface area contributed by atoms with Crippen LogP contribution >= 0.6 is 0 Å². The predicted octanol–water partition coefficient (Wildman–Crippen LogP) is 2.86. The third kappa shape index (κ3) is 3.63. The zero-order valence-electron chi connectivity index (χ0n) is 25.4. The van der Waals surface area contributed by atoms with Gasteiger partial charge in [0.2, 0.25) is 0 Å². The number of unbranched alkanes of at least 4 members (excludes halogenated alkanes) is 6. The van der Waals surface area contributed by atoms with Gasteiger partial charge in [-0.25, -0.2) is 0 Å². The lowest BCUT2D eigenvalue weighted by Crippen LogP contribution is -2.76. The Morgan fingerprint density at radius 3 is 2.36 bits per heavy atom. The van der Waals surface area contributed by atoms with Crippen molar-refractivity contribution in [1.29, 1.82) is 0 Å². The molecule has 234 valence electrons. The average Bonchev–Trinajstić information content (AvgIpc) is 3.57. The number of rotatable bonds is 11. The van der Waals surface area contributed by atoms with Crippen LogP contribution in [0.15, 0.2) is 23.8 Å². The first-order valence-electron chi connectivity index (χ1n) is 15.7. The standard InChI is InChI=1S/C32H46O10/c1-7-8-9-10-11-12-13-14-29-40-26-22-25-28(16-33,39-25)27(36)30(37)21(15-18(4)23(30)35)32(22,42-29)19(5)24(38-20(6)34)31(26,41-29)17(2)3/h15,19,21-22,24-27,33,36-37H,2,7-14,16H2,1,3-6H3/t19-,21-,22+,24-,25+,26-,27-,28+,29+,30-,31+,32+/m1/s1. The minimum absolute atomic E-state index is 0.277. The highest BCUT2D eigenvalue weighted by Crippen LogP contribution is 2.73. The summed E-state index contributed by atoms with van der Waals surface area (Å²) in [6.45, 7) is 12.4. The van der Waals surface area contributed by atoms with Crippen LogP contribution in [0.2, 0.25) is 0 Å². The normalized spacial score (nSPS) is 49.6. The number of ether oxygens (including phenoxy) is 5. The Hall–Kier alpha value is -1.66. The molecule has 3 bridgehead atoms. The monoisotopic (exact) mass is 590 g/mol. The van der Waals surface area contributed by atoms with Gasteiger partial charge >= 0.3 is 5.97 Å². The number of carbonyl (C=O) groups excluding carboxylic acids is 2. The largest absolute Gasteiger partial charge is 0.459 e. The van der Waals surface area contributed by atoms with Crippen molar-refractivity contribution in [3.63, 3.8) is 0 Å². The molecular formula is C32H46O10. The van der Waals surface area contributed by atoms with Gasteiger partial charge < -0.3 is 39.0 Å². The second kappa shape index (κ2) is 9.92. The molecule has 10 nitrogen and oxygen atoms in total. The van der Waals surface area contributed by atoms with Crippen LogP contribution in [0.3, 0.4) is 0 Å². The lowest BCUT2D eigenvalue weighted by molar-refractivity contribution is -0.431. The third-order valence-electron chi connectivity index (χ3n) is 11.2. The summed E-state index contributed by atoms with van der Waals surface area (Å²) in [6.07, 6.45) is 5.20. The fourth-order valence-corrected chi connectivity index (χ4v) is 9.22. The second-order valence-electron chi connectivity index (χ2n) is 13.6. The van der Waals surface area contributed by atoms with Crippen molar-refractivity contribution < 1.29 is 48.6 Å². The van der Waals surface area contributed by atoms with Crippen LogP contribution in [0.4, 0.5) is 0 Å². The van der Waals surface area contributed by atoms with Crippen molar-refractivity contribution in [2.75, 3.05) is 6.61 Å². The SMILES string of the molecule is C=C(C)[C@@]12O[C@]3(CCCCCCCCC)O[C@@H]1[C@@H]1[C@@H]4O[C@]4(CO)[C@@H](O)[C@]4(O)C(=O)C(C)=C[C@H]4[C@@]1(O3)[C@H](C)[C@H]2OC(C)=O. The van der Waals surface area contributed by atoms with E-state index in [0.717, 1.165) is 25.7 Å². The van der Waals surface area contributed by atoms with E-state index in [-0.39, 0.29) is 5.57 Å². The van der Waals surface area contributed by atoms with Crippen molar-refractivity contribution in [2.45, 2.75) is 139 Å². The molecule has 10 heteroatoms. The van der Waals surface area contributed by atoms with E-state index in [1.54, 1.807) is 19.9 Å². The molecule has 0 aromatic heterocycles. The maximum atomic E-state index is 13.7. The van der Waals surface area contributed by atoms with E-state index in [9.17, 15) is 24.9 Å². The molecule has 12 atom stereocenters. The van der Waals surface area contributed by atoms with Crippen LogP contribution in [0.25, 0.3) is 0 Å². The molecule has 6 aliphatic rings. The van der Waals surface area contributed by atoms with Gasteiger partial charge in [0.25, 0.3) is 5.97 Å². The summed E-state index contributed by atoms with van der Waals surface area (Å²) in [7, 11) is 0. The van der Waals surface area contributed by atoms with Crippen molar-refractivity contribution in [1.82, 2.24) is 0 Å². The Kier molecular flexibility index (Phi) is 7.18. The molecule has 0 radical (unpaired) electrons. The van der Waals surface area contributed by atoms with Crippen LogP contribution < -0.4 is 0 Å². The Bertz CT molecular complexity index is 1200. The van der Waals surface area contributed by atoms with Gasteiger partial charge in [-0.05, 0) is 31.4 Å². The van der Waals surface area contributed by atoms with Crippen LogP contribution in [0.1, 0.15) is 86.0 Å². The smallest absolute Gasteiger partial charge is 0.303 e. The van der Waals surface area contributed by atoms with Crippen molar-refractivity contribution in [2.24, 2.45) is 17.8 Å². The van der Waals surface area contributed by atoms with Gasteiger partial charge in [0.05, 0.1) is 12.2 Å². The molecule has 0 amide bonds. The number of aliphatic hydroxyl groups is 3. The fraction of sp³-hybridized carbons (Fsp3) is 0.812. The minimum Gasteiger partial charge on any atom is -0.459 e. The second-order valence-corrected chi connectivity index (χ2v) is 13.6. The van der Waals surface area contributed by atoms with Crippen LogP contribution in [0, 0.1) is 17.8 Å². The van der Waals surface area contributed by atoms with Gasteiger partial charge in [0, 0.05) is 31.1 Å². The first-order valence-corrected chi connectivity index (χ1v) is 15.7. The molecule has 0 unspecified atom stereocenters. The number of aliphatic hydroxyl groups excluding tert-OH is 2. The molecule has 2 saturated carbocycles. The zero-order valence-corrected chi connectivity index (χ0v) is 25.4. The van der Waals surface area contributed by atoms with E-state index in [0.29, 0.717) is 12.0 Å². The summed E-state index contributed by atoms with van der Waals surface area (Å²) < 4.78 is 32.8. The first-order chi connectivity index (χ1) is 19.8. The van der Waals surface area contributed by atoms with Crippen LogP contribution in [-0.2, 0) is 33.3 Å². The lowest BCUT2D eigenvalue weighted by atomic mass is 9.53. The van der Waals surface area contributed by atoms with E-state index >= 15 is 0 Å². The number of epoxide rings is 1. The molecular weight excluding hydrogens is 544 g/mol. The summed E-state index contributed by atoms with van der Waals surface area (Å²) in [6, 6.07) is 0. The highest BCUT2D eigenvalue weighted by molar-refractivity contribution is 6.05. The van der Waals surface area contributed by atoms with E-state index in [4.69, 9.17) is 23.7 Å². The molecule has 5 fully saturated rings. The summed E-state index contributed by atoms with van der Waals surface area (Å²) in [5.74, 6) is -5.13. The zero-order chi connectivity index (χ0) is 30.5. The average molecular weight is 591 g/mol. The Morgan fingerprint density at radius 1 is 1.07 bits per heavy atom. The number of esters is 1. The van der Waals surface area contributed by atoms with Gasteiger partial charge in [-0.3, -0.25) is 9.59 Å². The molecule has 0 spiro atoms. The van der Waals surface area contributed by atoms with Gasteiger partial charge in [-0.2, -0.15) is 0 Å². The van der Waals surface area contributed by atoms with Crippen molar-refractivity contribution in [3.8, 4) is 0 Å². The number of carbonyl (C=O) groups is 2. The minimum atomic E-state index is -2.34. The summed E-state index contributed by atoms with van der Waals surface area (Å²) >= 11 is 0. The van der Waals surface area contributed by atoms with Gasteiger partial charge in [0.15, 0.2) is 17.0 Å². The molecule has 3 aliphatic carbocycles. The van der Waals surface area contributed by atoms with E-state index in [1.807, 2.05) is 6.92 Å². The highest BCUT2D eigenvalue weighted by atomic mass is 16.9. The van der Waals surface area contributed by atoms with Crippen LogP contribution in [0.5, 0.6) is 0 Å². The summed E-state index contributed by atoms with van der Waals surface area (Å²) in [5, 5.41) is 34.5. The fourth-order valence-electron chi connectivity index (χ4n) is 9.22. The highest BCUT2D eigenvalue weighted by Gasteiger charge is 2.90. The topological polar surface area (TPSA) is 144 Å². The third-order valence-corrected chi connectivity index (χ3v) is 11.2. The van der Waals surface area contributed by atoms with Gasteiger partial charge in [-0.1, -0.05) is 65.0 Å². The molecule has 3 saturated heterocycles. The molecule has 0 aromatic carbocycles. The van der Waals surface area contributed by atoms with Crippen LogP contribution in [-0.4, -0.2) is 86.5 Å². The van der Waals surface area contributed by atoms with Crippen molar-refractivity contribution >= 4 is 11.8 Å². The molecule has 0 aromatic rings. The van der Waals surface area contributed by atoms with E-state index < -0.39 is 88.9 Å². The Labute approximate surface area is 247 Å². The summed E-state index contributed by atoms with van der Waals surface area (Å²) in [4.78, 5) is 26.2. The molecule has 6 rings (SSSR count). The molecule has 42 heavy (non-hydrogen) atoms. The number of hydrogen-bond acceptors (Lipinski definition) is 10. The van der Waals surface area contributed by atoms with Crippen molar-refractivity contribution in [3.05, 3.63) is 23.8 Å². The predicted molar refractivity (Wildman–Crippen MR) is 149 cm³/mol. The van der Waals surface area contributed by atoms with E-state index in [1.165, 1.54) is 26.2 Å². The quantitative estimate of drug-likeness (QED) is 0.142. The molecule has 3 aliphatic heterocycles. The maximum Gasteiger partial charge on any atom is 0.303 e. The number of hydrogen-bond donors (Lipinski definition) is 3. The number of ketones is 1. The maximum absolute atomic E-state index is 13.7. The summed E-state index contributed by atoms with van der Waals surface area (Å²) in [5.41, 5.74) is -5.82. The molecule has 3 heterocycles. The van der Waals surface area contributed by atoms with Gasteiger partial charge in [-0.15, -0.1) is 0 Å². The lowest BCUT2D eigenvalue weighted by Gasteiger charge is -2.61.